The van der Waals surface area contributed by atoms with E-state index in [1.54, 1.807) is 22.8 Å². The highest BCUT2D eigenvalue weighted by Crippen LogP contribution is 2.32. The Morgan fingerprint density at radius 2 is 1.94 bits per heavy atom. The predicted octanol–water partition coefficient (Wildman–Crippen LogP) is 3.59. The van der Waals surface area contributed by atoms with Gasteiger partial charge in [0.1, 0.15) is 5.82 Å². The topological polar surface area (TPSA) is 85.1 Å². The molecule has 4 aromatic rings. The molecule has 0 unspecified atom stereocenters. The van der Waals surface area contributed by atoms with E-state index < -0.39 is 23.3 Å². The molecule has 5 rings (SSSR count). The number of hydrogen-bond acceptors (Lipinski definition) is 5. The number of amides is 1. The summed E-state index contributed by atoms with van der Waals surface area (Å²) in [5, 5.41) is 4.37. The van der Waals surface area contributed by atoms with Gasteiger partial charge in [-0.25, -0.2) is 15.0 Å². The van der Waals surface area contributed by atoms with Crippen molar-refractivity contribution < 1.29 is 18.0 Å². The van der Waals surface area contributed by atoms with E-state index in [-0.39, 0.29) is 23.7 Å². The fraction of sp³-hybridized carbons (Fsp3) is 0.150. The number of aromatic nitrogens is 4. The maximum atomic E-state index is 13.6. The maximum absolute atomic E-state index is 13.6. The van der Waals surface area contributed by atoms with Crippen molar-refractivity contribution in [3.8, 4) is 0 Å². The monoisotopic (exact) mass is 446 g/mol. The van der Waals surface area contributed by atoms with Crippen LogP contribution in [0.4, 0.5) is 19.0 Å². The zero-order valence-electron chi connectivity index (χ0n) is 15.7. The fourth-order valence-electron chi connectivity index (χ4n) is 3.49. The number of carbonyl (C=O) groups is 1. The molecule has 7 nitrogen and oxygen atoms in total. The lowest BCUT2D eigenvalue weighted by Gasteiger charge is -2.11. The van der Waals surface area contributed by atoms with Crippen LogP contribution in [-0.2, 0) is 12.7 Å². The van der Waals surface area contributed by atoms with Gasteiger partial charge < -0.3 is 5.32 Å². The molecular formula is C20H14ClF3N6O. The summed E-state index contributed by atoms with van der Waals surface area (Å²) in [7, 11) is 0. The van der Waals surface area contributed by atoms with Crippen molar-refractivity contribution in [3.05, 3.63) is 65.5 Å². The van der Waals surface area contributed by atoms with Crippen molar-refractivity contribution in [3.63, 3.8) is 0 Å². The van der Waals surface area contributed by atoms with Crippen molar-refractivity contribution >= 4 is 46.1 Å². The summed E-state index contributed by atoms with van der Waals surface area (Å²) in [6, 6.07) is 11.5. The molecule has 158 valence electrons. The van der Waals surface area contributed by atoms with E-state index in [1.807, 2.05) is 12.1 Å². The molecule has 0 aliphatic carbocycles. The Bertz CT molecular complexity index is 1400. The van der Waals surface area contributed by atoms with E-state index in [1.165, 1.54) is 12.3 Å². The lowest BCUT2D eigenvalue weighted by Crippen LogP contribution is -2.25. The Hall–Kier alpha value is -3.53. The Labute approximate surface area is 179 Å². The molecule has 31 heavy (non-hydrogen) atoms. The highest BCUT2D eigenvalue weighted by atomic mass is 35.5. The quantitative estimate of drug-likeness (QED) is 0.483. The lowest BCUT2D eigenvalue weighted by atomic mass is 10.1. The van der Waals surface area contributed by atoms with E-state index in [0.29, 0.717) is 24.0 Å². The minimum atomic E-state index is -4.83. The van der Waals surface area contributed by atoms with E-state index in [2.05, 4.69) is 25.3 Å². The number of nitrogens with one attached hydrogen (secondary N) is 1. The molecule has 0 spiro atoms. The first kappa shape index (κ1) is 20.7. The summed E-state index contributed by atoms with van der Waals surface area (Å²) in [5.41, 5.74) is -1.43. The maximum Gasteiger partial charge on any atom is 0.434 e. The highest BCUT2D eigenvalue weighted by molar-refractivity contribution is 5.99. The lowest BCUT2D eigenvalue weighted by molar-refractivity contribution is -0.141. The van der Waals surface area contributed by atoms with Crippen LogP contribution in [0, 0.1) is 0 Å². The predicted molar refractivity (Wildman–Crippen MR) is 110 cm³/mol. The second-order valence-corrected chi connectivity index (χ2v) is 6.71. The van der Waals surface area contributed by atoms with Gasteiger partial charge in [0, 0.05) is 30.1 Å². The first-order valence-electron chi connectivity index (χ1n) is 9.07. The van der Waals surface area contributed by atoms with Crippen LogP contribution >= 0.6 is 12.4 Å². The van der Waals surface area contributed by atoms with Gasteiger partial charge in [0.15, 0.2) is 11.3 Å². The van der Waals surface area contributed by atoms with Crippen molar-refractivity contribution in [2.24, 2.45) is 4.99 Å². The van der Waals surface area contributed by atoms with Crippen LogP contribution in [0.25, 0.3) is 21.9 Å². The summed E-state index contributed by atoms with van der Waals surface area (Å²) < 4.78 is 42.4. The summed E-state index contributed by atoms with van der Waals surface area (Å²) in [6.07, 6.45) is -3.49. The summed E-state index contributed by atoms with van der Waals surface area (Å²) in [4.78, 5) is 28.6. The zero-order chi connectivity index (χ0) is 20.9. The molecule has 1 aromatic carbocycles. The highest BCUT2D eigenvalue weighted by Gasteiger charge is 2.38. The van der Waals surface area contributed by atoms with Crippen LogP contribution in [0.3, 0.4) is 0 Å². The van der Waals surface area contributed by atoms with Crippen molar-refractivity contribution in [1.29, 1.82) is 0 Å². The second-order valence-electron chi connectivity index (χ2n) is 6.71. The molecular weight excluding hydrogens is 433 g/mol. The molecule has 1 aliphatic rings. The number of rotatable bonds is 1. The first-order valence-corrected chi connectivity index (χ1v) is 9.07. The molecule has 0 fully saturated rings. The Kier molecular flexibility index (Phi) is 5.10. The third kappa shape index (κ3) is 3.59. The third-order valence-electron chi connectivity index (χ3n) is 4.81. The Balaban J connectivity index is 0.00000231. The number of anilines is 1. The first-order chi connectivity index (χ1) is 14.4. The van der Waals surface area contributed by atoms with Crippen LogP contribution in [0.2, 0.25) is 0 Å². The number of fused-ring (bicyclic) bond motifs is 4. The standard InChI is InChI=1S/C20H13F3N6O.ClH/c21-20(22,23)15-13(10-11-4-3-7-24-16(11)27-15)18(30)28-19-26-14-6-2-1-5-12(14)17-25-8-9-29(17)19;/h1-7,10,25H,8-9H2;1H. The number of benzene rings is 1. The van der Waals surface area contributed by atoms with Crippen LogP contribution in [0.5, 0.6) is 0 Å². The van der Waals surface area contributed by atoms with Crippen LogP contribution in [-0.4, -0.2) is 32.0 Å². The van der Waals surface area contributed by atoms with Crippen LogP contribution in [0.1, 0.15) is 16.1 Å². The van der Waals surface area contributed by atoms with Gasteiger partial charge in [0.2, 0.25) is 5.62 Å². The number of halogens is 4. The van der Waals surface area contributed by atoms with Gasteiger partial charge in [0.25, 0.3) is 5.91 Å². The summed E-state index contributed by atoms with van der Waals surface area (Å²) >= 11 is 0. The van der Waals surface area contributed by atoms with Gasteiger partial charge in [-0.1, -0.05) is 12.1 Å². The normalized spacial score (nSPS) is 13.7. The molecule has 0 bridgehead atoms. The minimum Gasteiger partial charge on any atom is -0.369 e. The van der Waals surface area contributed by atoms with Crippen molar-refractivity contribution in [2.45, 2.75) is 12.7 Å². The molecule has 11 heteroatoms. The van der Waals surface area contributed by atoms with Gasteiger partial charge in [-0.2, -0.15) is 18.2 Å². The molecule has 3 aromatic heterocycles. The molecule has 1 amide bonds. The number of nitrogens with zero attached hydrogens (tertiary/aromatic N) is 5. The molecule has 0 saturated heterocycles. The second kappa shape index (κ2) is 7.62. The van der Waals surface area contributed by atoms with Gasteiger partial charge in [-0.15, -0.1) is 12.4 Å². The number of carbonyl (C=O) groups excluding carboxylic acids is 1. The van der Waals surface area contributed by atoms with Gasteiger partial charge in [-0.05, 0) is 30.3 Å². The zero-order valence-corrected chi connectivity index (χ0v) is 16.5. The van der Waals surface area contributed by atoms with Crippen molar-refractivity contribution in [2.75, 3.05) is 11.9 Å². The number of pyridine rings is 2. The third-order valence-corrected chi connectivity index (χ3v) is 4.81. The smallest absolute Gasteiger partial charge is 0.369 e. The average molecular weight is 447 g/mol. The number of hydrogen-bond donors (Lipinski definition) is 1. The average Bonchev–Trinajstić information content (AvgIpc) is 3.23. The Morgan fingerprint density at radius 1 is 1.13 bits per heavy atom. The Morgan fingerprint density at radius 3 is 2.74 bits per heavy atom. The number of alkyl halides is 3. The summed E-state index contributed by atoms with van der Waals surface area (Å²) in [6.45, 7) is 1.09. The molecule has 1 aliphatic heterocycles. The van der Waals surface area contributed by atoms with Gasteiger partial charge >= 0.3 is 6.18 Å². The fourth-order valence-corrected chi connectivity index (χ4v) is 3.49. The molecule has 0 saturated carbocycles. The van der Waals surface area contributed by atoms with Gasteiger partial charge in [-0.3, -0.25) is 9.36 Å². The van der Waals surface area contributed by atoms with E-state index in [9.17, 15) is 18.0 Å². The van der Waals surface area contributed by atoms with Crippen LogP contribution < -0.4 is 10.9 Å². The minimum absolute atomic E-state index is 0. The number of para-hydroxylation sites is 1. The van der Waals surface area contributed by atoms with E-state index in [0.717, 1.165) is 17.3 Å². The largest absolute Gasteiger partial charge is 0.434 e. The van der Waals surface area contributed by atoms with Crippen LogP contribution in [0.15, 0.2) is 53.7 Å². The molecule has 0 radical (unpaired) electrons. The van der Waals surface area contributed by atoms with Crippen molar-refractivity contribution in [1.82, 2.24) is 19.5 Å². The van der Waals surface area contributed by atoms with E-state index >= 15 is 0 Å². The SMILES string of the molecule is Cl.O=C(N=c1nc2ccccc2c2n1CCN2)c1cc2cccnc2nc1C(F)(F)F. The molecule has 4 heterocycles. The molecule has 0 atom stereocenters. The molecule has 1 N–H and O–H groups in total. The summed E-state index contributed by atoms with van der Waals surface area (Å²) in [5.74, 6) is -0.339. The van der Waals surface area contributed by atoms with Gasteiger partial charge in [0.05, 0.1) is 11.1 Å². The van der Waals surface area contributed by atoms with E-state index in [4.69, 9.17) is 0 Å².